The standard InChI is InChI=1S/C22H20BrClN2O7/c1-4-8-32-19-16(31-5-2)10-12(17(23)18(19)24)9-14-20(27)26(22(29)25-14)11-13-6-7-15(33-13)21(28)30-3/h4,6-7,9-10H,1,5,8,11H2,2-3H3,(H,25,29)/b14-9-. The second-order valence-corrected chi connectivity index (χ2v) is 7.76. The summed E-state index contributed by atoms with van der Waals surface area (Å²) in [4.78, 5) is 37.8. The van der Waals surface area contributed by atoms with Crippen molar-refractivity contribution in [2.75, 3.05) is 20.3 Å². The highest BCUT2D eigenvalue weighted by atomic mass is 79.9. The Morgan fingerprint density at radius 1 is 1.33 bits per heavy atom. The summed E-state index contributed by atoms with van der Waals surface area (Å²) in [6.45, 7) is 5.84. The normalized spacial score (nSPS) is 14.4. The molecule has 3 amide bonds. The van der Waals surface area contributed by atoms with E-state index in [1.165, 1.54) is 25.3 Å². The highest BCUT2D eigenvalue weighted by Gasteiger charge is 2.34. The number of nitrogens with one attached hydrogen (secondary N) is 1. The Kier molecular flexibility index (Phi) is 7.83. The molecular formula is C22H20BrClN2O7. The van der Waals surface area contributed by atoms with E-state index >= 15 is 0 Å². The third-order valence-electron chi connectivity index (χ3n) is 4.43. The number of ether oxygens (including phenoxy) is 3. The minimum atomic E-state index is -0.661. The van der Waals surface area contributed by atoms with Gasteiger partial charge in [-0.3, -0.25) is 9.69 Å². The Balaban J connectivity index is 1.88. The van der Waals surface area contributed by atoms with Crippen LogP contribution >= 0.6 is 27.5 Å². The Labute approximate surface area is 203 Å². The fourth-order valence-corrected chi connectivity index (χ4v) is 3.61. The maximum atomic E-state index is 12.9. The van der Waals surface area contributed by atoms with Crippen LogP contribution in [0.4, 0.5) is 4.79 Å². The number of halogens is 2. The van der Waals surface area contributed by atoms with Crippen LogP contribution in [0.3, 0.4) is 0 Å². The molecule has 9 nitrogen and oxygen atoms in total. The molecule has 174 valence electrons. The number of hydrogen-bond donors (Lipinski definition) is 1. The minimum absolute atomic E-state index is 0.0266. The Hall–Kier alpha value is -3.24. The molecule has 11 heteroatoms. The lowest BCUT2D eigenvalue weighted by Crippen LogP contribution is -2.30. The van der Waals surface area contributed by atoms with Crippen molar-refractivity contribution in [2.24, 2.45) is 0 Å². The maximum Gasteiger partial charge on any atom is 0.373 e. The number of amides is 3. The van der Waals surface area contributed by atoms with E-state index in [4.69, 9.17) is 25.5 Å². The lowest BCUT2D eigenvalue weighted by atomic mass is 10.1. The van der Waals surface area contributed by atoms with Crippen molar-refractivity contribution in [3.63, 3.8) is 0 Å². The first-order valence-electron chi connectivity index (χ1n) is 9.70. The largest absolute Gasteiger partial charge is 0.490 e. The van der Waals surface area contributed by atoms with E-state index in [1.807, 2.05) is 6.92 Å². The molecule has 1 N–H and O–H groups in total. The summed E-state index contributed by atoms with van der Waals surface area (Å²) in [6, 6.07) is 3.89. The van der Waals surface area contributed by atoms with Crippen molar-refractivity contribution in [3.05, 3.63) is 63.1 Å². The molecule has 0 unspecified atom stereocenters. The number of nitrogens with zero attached hydrogens (tertiary/aromatic N) is 1. The zero-order chi connectivity index (χ0) is 24.1. The van der Waals surface area contributed by atoms with E-state index in [0.717, 1.165) is 4.90 Å². The molecule has 3 rings (SSSR count). The van der Waals surface area contributed by atoms with E-state index in [9.17, 15) is 14.4 Å². The lowest BCUT2D eigenvalue weighted by molar-refractivity contribution is -0.123. The number of urea groups is 1. The molecule has 0 aliphatic carbocycles. The fourth-order valence-electron chi connectivity index (χ4n) is 2.95. The van der Waals surface area contributed by atoms with Crippen molar-refractivity contribution >= 4 is 51.5 Å². The molecule has 1 aliphatic heterocycles. The number of rotatable bonds is 9. The molecule has 1 aliphatic rings. The average molecular weight is 540 g/mol. The fraction of sp³-hybridized carbons (Fsp3) is 0.227. The maximum absolute atomic E-state index is 12.9. The van der Waals surface area contributed by atoms with Gasteiger partial charge >= 0.3 is 12.0 Å². The summed E-state index contributed by atoms with van der Waals surface area (Å²) in [6.07, 6.45) is 3.04. The molecular weight excluding hydrogens is 520 g/mol. The molecule has 1 aromatic heterocycles. The number of benzene rings is 1. The highest BCUT2D eigenvalue weighted by Crippen LogP contribution is 2.43. The Morgan fingerprint density at radius 2 is 2.09 bits per heavy atom. The molecule has 2 heterocycles. The number of hydrogen-bond acceptors (Lipinski definition) is 7. The molecule has 33 heavy (non-hydrogen) atoms. The van der Waals surface area contributed by atoms with Crippen molar-refractivity contribution in [2.45, 2.75) is 13.5 Å². The van der Waals surface area contributed by atoms with Crippen molar-refractivity contribution in [1.82, 2.24) is 10.2 Å². The summed E-state index contributed by atoms with van der Waals surface area (Å²) < 4.78 is 21.6. The zero-order valence-electron chi connectivity index (χ0n) is 17.8. The Morgan fingerprint density at radius 3 is 2.76 bits per heavy atom. The quantitative estimate of drug-likeness (QED) is 0.216. The van der Waals surface area contributed by atoms with Crippen molar-refractivity contribution in [1.29, 1.82) is 0 Å². The molecule has 0 bridgehead atoms. The van der Waals surface area contributed by atoms with E-state index in [2.05, 4.69) is 32.6 Å². The van der Waals surface area contributed by atoms with Crippen molar-refractivity contribution < 1.29 is 33.0 Å². The van der Waals surface area contributed by atoms with E-state index in [0.29, 0.717) is 28.1 Å². The van der Waals surface area contributed by atoms with E-state index in [-0.39, 0.29) is 35.4 Å². The van der Waals surface area contributed by atoms with Gasteiger partial charge in [0.2, 0.25) is 5.76 Å². The number of esters is 1. The summed E-state index contributed by atoms with van der Waals surface area (Å²) in [7, 11) is 1.22. The van der Waals surface area contributed by atoms with E-state index in [1.54, 1.807) is 12.1 Å². The van der Waals surface area contributed by atoms with Crippen LogP contribution < -0.4 is 14.8 Å². The summed E-state index contributed by atoms with van der Waals surface area (Å²) in [5, 5.41) is 2.77. The van der Waals surface area contributed by atoms with Gasteiger partial charge in [0, 0.05) is 4.47 Å². The van der Waals surface area contributed by atoms with Gasteiger partial charge in [-0.2, -0.15) is 0 Å². The van der Waals surface area contributed by atoms with Crippen LogP contribution in [0.1, 0.15) is 28.8 Å². The lowest BCUT2D eigenvalue weighted by Gasteiger charge is -2.15. The van der Waals surface area contributed by atoms with Gasteiger partial charge in [0.15, 0.2) is 11.5 Å². The SMILES string of the molecule is C=CCOc1c(OCC)cc(/C=C2\NC(=O)N(Cc3ccc(C(=O)OC)o3)C2=O)c(Br)c1Cl. The Bertz CT molecular complexity index is 1140. The van der Waals surface area contributed by atoms with Crippen LogP contribution in [-0.4, -0.2) is 43.1 Å². The zero-order valence-corrected chi connectivity index (χ0v) is 20.1. The number of methoxy groups -OCH3 is 1. The van der Waals surface area contributed by atoms with Crippen LogP contribution in [-0.2, 0) is 16.1 Å². The second-order valence-electron chi connectivity index (χ2n) is 6.59. The van der Waals surface area contributed by atoms with Crippen LogP contribution in [0.2, 0.25) is 5.02 Å². The van der Waals surface area contributed by atoms with E-state index < -0.39 is 17.9 Å². The van der Waals surface area contributed by atoms with Gasteiger partial charge in [0.05, 0.1) is 20.3 Å². The molecule has 0 atom stereocenters. The number of furan rings is 1. The third kappa shape index (κ3) is 5.23. The summed E-state index contributed by atoms with van der Waals surface area (Å²) in [5.74, 6) is -0.327. The molecule has 0 saturated carbocycles. The summed E-state index contributed by atoms with van der Waals surface area (Å²) in [5.41, 5.74) is 0.518. The number of carbonyl (C=O) groups is 3. The molecule has 1 fully saturated rings. The minimum Gasteiger partial charge on any atom is -0.490 e. The third-order valence-corrected chi connectivity index (χ3v) is 5.87. The molecule has 1 saturated heterocycles. The average Bonchev–Trinajstić information content (AvgIpc) is 3.37. The second kappa shape index (κ2) is 10.6. The van der Waals surface area contributed by atoms with Gasteiger partial charge in [0.1, 0.15) is 23.1 Å². The molecule has 0 radical (unpaired) electrons. The first-order chi connectivity index (χ1) is 15.8. The molecule has 2 aromatic rings. The monoisotopic (exact) mass is 538 g/mol. The predicted molar refractivity (Wildman–Crippen MR) is 123 cm³/mol. The first kappa shape index (κ1) is 24.4. The van der Waals surface area contributed by atoms with Crippen molar-refractivity contribution in [3.8, 4) is 11.5 Å². The van der Waals surface area contributed by atoms with Crippen LogP contribution in [0, 0.1) is 0 Å². The highest BCUT2D eigenvalue weighted by molar-refractivity contribution is 9.10. The van der Waals surface area contributed by atoms with Gasteiger partial charge in [-0.1, -0.05) is 24.3 Å². The van der Waals surface area contributed by atoms with Crippen LogP contribution in [0.15, 0.2) is 45.4 Å². The first-order valence-corrected chi connectivity index (χ1v) is 10.9. The smallest absolute Gasteiger partial charge is 0.373 e. The summed E-state index contributed by atoms with van der Waals surface area (Å²) >= 11 is 9.86. The van der Waals surface area contributed by atoms with Gasteiger partial charge in [-0.25, -0.2) is 9.59 Å². The number of carbonyl (C=O) groups excluding carboxylic acids is 3. The van der Waals surface area contributed by atoms with Crippen LogP contribution in [0.5, 0.6) is 11.5 Å². The topological polar surface area (TPSA) is 107 Å². The predicted octanol–water partition coefficient (Wildman–Crippen LogP) is 4.54. The molecule has 0 spiro atoms. The number of imide groups is 1. The van der Waals surface area contributed by atoms with Gasteiger partial charge in [-0.05, 0) is 52.7 Å². The van der Waals surface area contributed by atoms with Gasteiger partial charge in [-0.15, -0.1) is 0 Å². The van der Waals surface area contributed by atoms with Gasteiger partial charge in [0.25, 0.3) is 5.91 Å². The molecule has 1 aromatic carbocycles. The van der Waals surface area contributed by atoms with Gasteiger partial charge < -0.3 is 23.9 Å². The van der Waals surface area contributed by atoms with Crippen LogP contribution in [0.25, 0.3) is 6.08 Å².